The van der Waals surface area contributed by atoms with Crippen LogP contribution in [0.5, 0.6) is 0 Å². The summed E-state index contributed by atoms with van der Waals surface area (Å²) in [6, 6.07) is 0.515. The highest BCUT2D eigenvalue weighted by molar-refractivity contribution is 5.31. The lowest BCUT2D eigenvalue weighted by atomic mass is 10.2. The lowest BCUT2D eigenvalue weighted by Crippen LogP contribution is -2.17. The quantitative estimate of drug-likeness (QED) is 0.742. The molecule has 0 aliphatic rings. The number of anilines is 1. The Kier molecular flexibility index (Phi) is 3.51. The van der Waals surface area contributed by atoms with E-state index in [2.05, 4.69) is 29.1 Å². The first-order chi connectivity index (χ1) is 5.86. The van der Waals surface area contributed by atoms with Crippen LogP contribution in [-0.4, -0.2) is 16.0 Å². The fraction of sp³-hybridized carbons (Fsp3) is 0.556. The average Bonchev–Trinajstić information content (AvgIpc) is 2.16. The van der Waals surface area contributed by atoms with Crippen molar-refractivity contribution in [3.8, 4) is 0 Å². The van der Waals surface area contributed by atoms with Crippen molar-refractivity contribution >= 4 is 5.82 Å². The summed E-state index contributed by atoms with van der Waals surface area (Å²) in [4.78, 5) is 8.12. The minimum atomic E-state index is 0.515. The Morgan fingerprint density at radius 1 is 1.33 bits per heavy atom. The van der Waals surface area contributed by atoms with Gasteiger partial charge < -0.3 is 5.32 Å². The van der Waals surface area contributed by atoms with Crippen LogP contribution in [0.3, 0.4) is 0 Å². The van der Waals surface area contributed by atoms with Crippen molar-refractivity contribution in [1.82, 2.24) is 9.97 Å². The second-order valence-electron chi connectivity index (χ2n) is 2.75. The van der Waals surface area contributed by atoms with Crippen LogP contribution in [0.4, 0.5) is 5.82 Å². The van der Waals surface area contributed by atoms with Crippen molar-refractivity contribution < 1.29 is 0 Å². The number of nitrogens with zero attached hydrogens (tertiary/aromatic N) is 2. The molecule has 3 heteroatoms. The van der Waals surface area contributed by atoms with Crippen molar-refractivity contribution in [3.05, 3.63) is 18.6 Å². The van der Waals surface area contributed by atoms with Crippen LogP contribution in [0.15, 0.2) is 18.6 Å². The van der Waals surface area contributed by atoms with Gasteiger partial charge in [-0.1, -0.05) is 13.8 Å². The molecule has 0 saturated heterocycles. The van der Waals surface area contributed by atoms with Crippen LogP contribution < -0.4 is 5.32 Å². The largest absolute Gasteiger partial charge is 0.366 e. The molecule has 12 heavy (non-hydrogen) atoms. The highest BCUT2D eigenvalue weighted by Crippen LogP contribution is 2.05. The van der Waals surface area contributed by atoms with Crippen molar-refractivity contribution in [2.75, 3.05) is 5.32 Å². The minimum absolute atomic E-state index is 0.515. The maximum absolute atomic E-state index is 4.14. The first kappa shape index (κ1) is 8.97. The summed E-state index contributed by atoms with van der Waals surface area (Å²) < 4.78 is 0. The Morgan fingerprint density at radius 2 is 2.08 bits per heavy atom. The molecule has 0 unspecified atom stereocenters. The molecule has 0 aromatic carbocycles. The zero-order chi connectivity index (χ0) is 8.81. The minimum Gasteiger partial charge on any atom is -0.366 e. The number of hydrogen-bond acceptors (Lipinski definition) is 3. The van der Waals surface area contributed by atoms with Crippen LogP contribution in [0.2, 0.25) is 0 Å². The van der Waals surface area contributed by atoms with Crippen molar-refractivity contribution in [3.63, 3.8) is 0 Å². The van der Waals surface area contributed by atoms with Gasteiger partial charge in [0.25, 0.3) is 0 Å². The Bertz CT molecular complexity index is 206. The third kappa shape index (κ3) is 2.49. The van der Waals surface area contributed by atoms with E-state index in [1.807, 2.05) is 0 Å². The highest BCUT2D eigenvalue weighted by atomic mass is 15.0. The smallest absolute Gasteiger partial charge is 0.144 e. The summed E-state index contributed by atoms with van der Waals surface area (Å²) in [5.74, 6) is 0.867. The molecule has 3 nitrogen and oxygen atoms in total. The van der Waals surface area contributed by atoms with E-state index in [0.29, 0.717) is 6.04 Å². The number of rotatable bonds is 4. The summed E-state index contributed by atoms with van der Waals surface area (Å²) >= 11 is 0. The molecule has 0 amide bonds. The molecule has 0 aliphatic heterocycles. The Morgan fingerprint density at radius 3 is 2.58 bits per heavy atom. The van der Waals surface area contributed by atoms with Gasteiger partial charge in [-0.25, -0.2) is 4.98 Å². The van der Waals surface area contributed by atoms with Crippen LogP contribution >= 0.6 is 0 Å². The third-order valence-corrected chi connectivity index (χ3v) is 1.90. The van der Waals surface area contributed by atoms with Crippen LogP contribution in [0.1, 0.15) is 26.7 Å². The molecular weight excluding hydrogens is 150 g/mol. The first-order valence-corrected chi connectivity index (χ1v) is 4.39. The summed E-state index contributed by atoms with van der Waals surface area (Å²) in [6.45, 7) is 4.33. The van der Waals surface area contributed by atoms with E-state index in [9.17, 15) is 0 Å². The Labute approximate surface area is 73.2 Å². The monoisotopic (exact) mass is 165 g/mol. The highest BCUT2D eigenvalue weighted by Gasteiger charge is 2.02. The fourth-order valence-corrected chi connectivity index (χ4v) is 1.08. The van der Waals surface area contributed by atoms with Gasteiger partial charge in [0.2, 0.25) is 0 Å². The molecule has 1 aromatic rings. The normalized spacial score (nSPS) is 10.2. The van der Waals surface area contributed by atoms with Gasteiger partial charge in [-0.2, -0.15) is 0 Å². The molecule has 1 N–H and O–H groups in total. The molecule has 0 radical (unpaired) electrons. The molecule has 1 heterocycles. The van der Waals surface area contributed by atoms with E-state index < -0.39 is 0 Å². The molecule has 0 atom stereocenters. The summed E-state index contributed by atoms with van der Waals surface area (Å²) in [7, 11) is 0. The maximum Gasteiger partial charge on any atom is 0.144 e. The topological polar surface area (TPSA) is 37.8 Å². The zero-order valence-electron chi connectivity index (χ0n) is 7.62. The number of nitrogens with one attached hydrogen (secondary N) is 1. The number of hydrogen-bond donors (Lipinski definition) is 1. The van der Waals surface area contributed by atoms with E-state index in [1.165, 1.54) is 0 Å². The van der Waals surface area contributed by atoms with Gasteiger partial charge in [-0.05, 0) is 12.8 Å². The van der Waals surface area contributed by atoms with Gasteiger partial charge in [0, 0.05) is 18.4 Å². The fourth-order valence-electron chi connectivity index (χ4n) is 1.08. The Balaban J connectivity index is 2.51. The average molecular weight is 165 g/mol. The predicted octanol–water partition coefficient (Wildman–Crippen LogP) is 2.08. The van der Waals surface area contributed by atoms with Crippen LogP contribution in [0, 0.1) is 0 Å². The first-order valence-electron chi connectivity index (χ1n) is 4.39. The summed E-state index contributed by atoms with van der Waals surface area (Å²) in [5, 5.41) is 3.30. The van der Waals surface area contributed by atoms with Crippen molar-refractivity contribution in [1.29, 1.82) is 0 Å². The van der Waals surface area contributed by atoms with Gasteiger partial charge >= 0.3 is 0 Å². The maximum atomic E-state index is 4.14. The van der Waals surface area contributed by atoms with Gasteiger partial charge in [-0.15, -0.1) is 0 Å². The molecule has 0 saturated carbocycles. The van der Waals surface area contributed by atoms with Gasteiger partial charge in [0.1, 0.15) is 5.82 Å². The van der Waals surface area contributed by atoms with E-state index in [1.54, 1.807) is 18.6 Å². The lowest BCUT2D eigenvalue weighted by molar-refractivity contribution is 0.668. The third-order valence-electron chi connectivity index (χ3n) is 1.90. The van der Waals surface area contributed by atoms with Gasteiger partial charge in [-0.3, -0.25) is 4.98 Å². The van der Waals surface area contributed by atoms with E-state index in [0.717, 1.165) is 18.7 Å². The summed E-state index contributed by atoms with van der Waals surface area (Å²) in [6.07, 6.45) is 7.36. The van der Waals surface area contributed by atoms with Gasteiger partial charge in [0.05, 0.1) is 6.20 Å². The lowest BCUT2D eigenvalue weighted by Gasteiger charge is -2.14. The molecule has 0 bridgehead atoms. The van der Waals surface area contributed by atoms with Gasteiger partial charge in [0.15, 0.2) is 0 Å². The zero-order valence-corrected chi connectivity index (χ0v) is 7.62. The van der Waals surface area contributed by atoms with Crippen molar-refractivity contribution in [2.45, 2.75) is 32.7 Å². The van der Waals surface area contributed by atoms with E-state index >= 15 is 0 Å². The molecule has 1 aromatic heterocycles. The second kappa shape index (κ2) is 4.70. The van der Waals surface area contributed by atoms with E-state index in [4.69, 9.17) is 0 Å². The summed E-state index contributed by atoms with van der Waals surface area (Å²) in [5.41, 5.74) is 0. The molecular formula is C9H15N3. The standard InChI is InChI=1S/C9H15N3/c1-3-8(4-2)12-9-7-10-5-6-11-9/h5-8H,3-4H2,1-2H3,(H,11,12). The SMILES string of the molecule is CCC(CC)Nc1cnccn1. The van der Waals surface area contributed by atoms with Crippen molar-refractivity contribution in [2.24, 2.45) is 0 Å². The Hall–Kier alpha value is -1.12. The predicted molar refractivity (Wildman–Crippen MR) is 50.0 cm³/mol. The van der Waals surface area contributed by atoms with E-state index in [-0.39, 0.29) is 0 Å². The molecule has 0 spiro atoms. The molecule has 1 rings (SSSR count). The molecule has 0 fully saturated rings. The number of aromatic nitrogens is 2. The molecule has 66 valence electrons. The van der Waals surface area contributed by atoms with Crippen LogP contribution in [-0.2, 0) is 0 Å². The molecule has 0 aliphatic carbocycles. The second-order valence-corrected chi connectivity index (χ2v) is 2.75. The van der Waals surface area contributed by atoms with Crippen LogP contribution in [0.25, 0.3) is 0 Å².